The predicted octanol–water partition coefficient (Wildman–Crippen LogP) is 1.27. The number of aliphatic hydroxyl groups excluding tert-OH is 4. The van der Waals surface area contributed by atoms with Crippen LogP contribution in [0.4, 0.5) is 0 Å². The molecule has 14 nitrogen and oxygen atoms in total. The van der Waals surface area contributed by atoms with Gasteiger partial charge in [-0.2, -0.15) is 0 Å². The summed E-state index contributed by atoms with van der Waals surface area (Å²) < 4.78 is 17.7. The highest BCUT2D eigenvalue weighted by Gasteiger charge is 2.45. The van der Waals surface area contributed by atoms with Crippen molar-refractivity contribution in [3.63, 3.8) is 0 Å². The van der Waals surface area contributed by atoms with Crippen molar-refractivity contribution >= 4 is 5.97 Å². The molecule has 0 spiro atoms. The fourth-order valence-corrected chi connectivity index (χ4v) is 6.26. The lowest BCUT2D eigenvalue weighted by atomic mass is 9.90. The Morgan fingerprint density at radius 1 is 0.882 bits per heavy atom. The quantitative estimate of drug-likeness (QED) is 0.114. The second-order valence-corrected chi connectivity index (χ2v) is 14.1. The molecule has 4 N–H and O–H groups in total. The summed E-state index contributed by atoms with van der Waals surface area (Å²) in [5.74, 6) is -0.479. The average molecular weight is 709 g/mol. The van der Waals surface area contributed by atoms with E-state index >= 15 is 0 Å². The number of quaternary nitrogens is 1. The SMILES string of the molecule is [CH2-][N+]1(C(OC(=O)C(C)(C)CCO[C@@H]2O[C@H](CO)[C@H](O)[C@H](O)[C@H]2O)c2ccccn2)CCN(Cc2ccccn2)CCN(Cc2ccccn2)CC1. The smallest absolute Gasteiger partial charge is 0.316 e. The molecule has 2 aliphatic rings. The molecule has 5 heterocycles. The Morgan fingerprint density at radius 3 is 1.96 bits per heavy atom. The number of esters is 1. The Balaban J connectivity index is 1.33. The van der Waals surface area contributed by atoms with Crippen molar-refractivity contribution in [1.82, 2.24) is 24.8 Å². The molecule has 0 aliphatic carbocycles. The summed E-state index contributed by atoms with van der Waals surface area (Å²) in [5, 5.41) is 40.1. The molecular formula is C37H52N6O8. The Labute approximate surface area is 299 Å². The molecule has 0 saturated carbocycles. The number of hydrogen-bond acceptors (Lipinski definition) is 13. The van der Waals surface area contributed by atoms with E-state index in [1.807, 2.05) is 54.6 Å². The largest absolute Gasteiger partial charge is 0.414 e. The van der Waals surface area contributed by atoms with Crippen LogP contribution in [-0.4, -0.2) is 139 Å². The lowest BCUT2D eigenvalue weighted by Crippen LogP contribution is -2.59. The zero-order valence-electron chi connectivity index (χ0n) is 29.5. The molecule has 0 radical (unpaired) electrons. The van der Waals surface area contributed by atoms with Crippen LogP contribution in [0.1, 0.15) is 43.6 Å². The molecule has 1 unspecified atom stereocenters. The molecule has 5 rings (SSSR count). The summed E-state index contributed by atoms with van der Waals surface area (Å²) in [6.45, 7) is 8.31. The fourth-order valence-electron chi connectivity index (χ4n) is 6.26. The van der Waals surface area contributed by atoms with Crippen LogP contribution in [0.15, 0.2) is 73.2 Å². The second kappa shape index (κ2) is 17.9. The maximum Gasteiger partial charge on any atom is 0.316 e. The van der Waals surface area contributed by atoms with Gasteiger partial charge in [0.15, 0.2) is 6.29 Å². The highest BCUT2D eigenvalue weighted by atomic mass is 16.7. The van der Waals surface area contributed by atoms with Gasteiger partial charge in [0.05, 0.1) is 43.1 Å². The van der Waals surface area contributed by atoms with Gasteiger partial charge in [0.2, 0.25) is 0 Å². The van der Waals surface area contributed by atoms with Gasteiger partial charge in [-0.3, -0.25) is 29.5 Å². The Morgan fingerprint density at radius 2 is 1.45 bits per heavy atom. The topological polar surface area (TPSA) is 171 Å². The number of rotatable bonds is 13. The van der Waals surface area contributed by atoms with Crippen molar-refractivity contribution in [2.75, 3.05) is 52.5 Å². The van der Waals surface area contributed by atoms with E-state index in [0.29, 0.717) is 45.0 Å². The number of carbonyl (C=O) groups is 1. The number of carbonyl (C=O) groups excluding carboxylic acids is 1. The molecule has 278 valence electrons. The minimum atomic E-state index is -1.56. The number of aromatic nitrogens is 3. The third-order valence-electron chi connectivity index (χ3n) is 9.75. The van der Waals surface area contributed by atoms with Crippen LogP contribution >= 0.6 is 0 Å². The number of pyridine rings is 3. The summed E-state index contributed by atoms with van der Waals surface area (Å²) in [7, 11) is 4.73. The van der Waals surface area contributed by atoms with E-state index in [0.717, 1.165) is 24.5 Å². The van der Waals surface area contributed by atoms with Gasteiger partial charge in [0.25, 0.3) is 6.23 Å². The fraction of sp³-hybridized carbons (Fsp3) is 0.541. The van der Waals surface area contributed by atoms with Crippen LogP contribution in [0.2, 0.25) is 0 Å². The van der Waals surface area contributed by atoms with Crippen molar-refractivity contribution in [2.45, 2.75) is 70.3 Å². The van der Waals surface area contributed by atoms with Crippen LogP contribution in [0.3, 0.4) is 0 Å². The average Bonchev–Trinajstić information content (AvgIpc) is 3.21. The van der Waals surface area contributed by atoms with Crippen LogP contribution in [-0.2, 0) is 32.1 Å². The maximum absolute atomic E-state index is 14.0. The third-order valence-corrected chi connectivity index (χ3v) is 9.75. The van der Waals surface area contributed by atoms with Gasteiger partial charge in [0, 0.05) is 57.9 Å². The molecule has 0 bridgehead atoms. The molecule has 2 saturated heterocycles. The molecule has 3 aromatic heterocycles. The van der Waals surface area contributed by atoms with Crippen molar-refractivity contribution in [3.05, 3.63) is 97.3 Å². The molecule has 2 fully saturated rings. The van der Waals surface area contributed by atoms with E-state index in [1.54, 1.807) is 32.4 Å². The Hall–Kier alpha value is -3.44. The minimum absolute atomic E-state index is 0.0334. The Bertz CT molecular complexity index is 1430. The standard InChI is InChI=1S/C37H52N6O8/c1-37(2,13-23-49-35-33(47)32(46)31(45)30(26-44)50-35)36(48)51-34(29-12-6-9-16-40-29)43(3)21-19-41(24-27-10-4-7-14-38-27)17-18-42(20-22-43)25-28-11-5-8-15-39-28/h4-12,14-16,30-35,44-47H,3,13,17-26H2,1-2H3/t30-,31+,32+,33-,34?,35-/m1/s1. The Kier molecular flexibility index (Phi) is 13.6. The van der Waals surface area contributed by atoms with E-state index in [-0.39, 0.29) is 17.5 Å². The number of ether oxygens (including phenoxy) is 3. The van der Waals surface area contributed by atoms with Gasteiger partial charge < -0.3 is 39.1 Å². The predicted molar refractivity (Wildman–Crippen MR) is 186 cm³/mol. The van der Waals surface area contributed by atoms with Gasteiger partial charge in [-0.05, 0) is 56.7 Å². The van der Waals surface area contributed by atoms with Crippen LogP contribution in [0.25, 0.3) is 0 Å². The van der Waals surface area contributed by atoms with Gasteiger partial charge in [-0.25, -0.2) is 0 Å². The molecule has 51 heavy (non-hydrogen) atoms. The van der Waals surface area contributed by atoms with Crippen LogP contribution < -0.4 is 0 Å². The molecule has 14 heteroatoms. The summed E-state index contributed by atoms with van der Waals surface area (Å²) in [4.78, 5) is 32.5. The van der Waals surface area contributed by atoms with E-state index in [2.05, 4.69) is 24.8 Å². The number of aliphatic hydroxyl groups is 4. The first-order valence-corrected chi connectivity index (χ1v) is 17.5. The highest BCUT2D eigenvalue weighted by molar-refractivity contribution is 5.76. The van der Waals surface area contributed by atoms with E-state index in [1.165, 1.54) is 0 Å². The van der Waals surface area contributed by atoms with Crippen molar-refractivity contribution in [2.24, 2.45) is 5.41 Å². The first-order valence-electron chi connectivity index (χ1n) is 17.5. The summed E-state index contributed by atoms with van der Waals surface area (Å²) in [5.41, 5.74) is 1.47. The lowest BCUT2D eigenvalue weighted by molar-refractivity contribution is -0.936. The second-order valence-electron chi connectivity index (χ2n) is 14.1. The van der Waals surface area contributed by atoms with E-state index in [4.69, 9.17) is 21.3 Å². The third kappa shape index (κ3) is 10.3. The first kappa shape index (κ1) is 38.8. The van der Waals surface area contributed by atoms with Gasteiger partial charge in [-0.15, -0.1) is 7.05 Å². The van der Waals surface area contributed by atoms with Crippen molar-refractivity contribution < 1.29 is 43.9 Å². The zero-order valence-corrected chi connectivity index (χ0v) is 29.5. The van der Waals surface area contributed by atoms with Gasteiger partial charge in [0.1, 0.15) is 30.1 Å². The maximum atomic E-state index is 14.0. The minimum Gasteiger partial charge on any atom is -0.414 e. The summed E-state index contributed by atoms with van der Waals surface area (Å²) in [6, 6.07) is 17.4. The molecule has 2 aliphatic heterocycles. The van der Waals surface area contributed by atoms with Crippen molar-refractivity contribution in [3.8, 4) is 0 Å². The van der Waals surface area contributed by atoms with E-state index < -0.39 is 54.9 Å². The van der Waals surface area contributed by atoms with Crippen LogP contribution in [0, 0.1) is 12.5 Å². The molecule has 0 aromatic carbocycles. The highest BCUT2D eigenvalue weighted by Crippen LogP contribution is 2.34. The van der Waals surface area contributed by atoms with Crippen molar-refractivity contribution in [1.29, 1.82) is 0 Å². The lowest BCUT2D eigenvalue weighted by Gasteiger charge is -2.48. The first-order chi connectivity index (χ1) is 24.5. The number of hydrogen-bond donors (Lipinski definition) is 4. The number of nitrogens with zero attached hydrogens (tertiary/aromatic N) is 6. The molecule has 0 amide bonds. The van der Waals surface area contributed by atoms with Gasteiger partial charge >= 0.3 is 5.97 Å². The van der Waals surface area contributed by atoms with E-state index in [9.17, 15) is 25.2 Å². The molecular weight excluding hydrogens is 656 g/mol. The normalized spacial score (nSPS) is 25.7. The molecule has 3 aromatic rings. The van der Waals surface area contributed by atoms with Crippen LogP contribution in [0.5, 0.6) is 0 Å². The summed E-state index contributed by atoms with van der Waals surface area (Å²) >= 11 is 0. The summed E-state index contributed by atoms with van der Waals surface area (Å²) in [6.07, 6.45) is -2.34. The monoisotopic (exact) mass is 708 g/mol. The zero-order chi connectivity index (χ0) is 36.4. The molecule has 6 atom stereocenters. The van der Waals surface area contributed by atoms with Gasteiger partial charge in [-0.1, -0.05) is 18.2 Å².